The molecule has 1 heterocycles. The average molecular weight is 231 g/mol. The van der Waals surface area contributed by atoms with Gasteiger partial charge in [0.15, 0.2) is 5.25 Å². The van der Waals surface area contributed by atoms with E-state index in [0.29, 0.717) is 6.54 Å². The Hall–Kier alpha value is -0.640. The number of nitrogens with one attached hydrogen (secondary N) is 1. The van der Waals surface area contributed by atoms with Crippen LogP contribution >= 0.6 is 0 Å². The quantitative estimate of drug-likeness (QED) is 0.737. The zero-order valence-corrected chi connectivity index (χ0v) is 9.92. The molecule has 1 rings (SSSR count). The molecule has 86 valence electrons. The predicted molar refractivity (Wildman–Crippen MR) is 57.6 cm³/mol. The number of nitrogens with zero attached hydrogens (tertiary/aromatic N) is 2. The van der Waals surface area contributed by atoms with Crippen molar-refractivity contribution in [1.82, 2.24) is 9.62 Å². The molecule has 0 aromatic rings. The highest BCUT2D eigenvalue weighted by molar-refractivity contribution is 7.89. The number of nitriles is 1. The van der Waals surface area contributed by atoms with E-state index in [4.69, 9.17) is 5.26 Å². The number of rotatable bonds is 3. The number of sulfonamides is 1. The van der Waals surface area contributed by atoms with Gasteiger partial charge in [0, 0.05) is 19.6 Å². The van der Waals surface area contributed by atoms with Gasteiger partial charge in [-0.25, -0.2) is 8.42 Å². The van der Waals surface area contributed by atoms with Crippen LogP contribution in [0, 0.1) is 11.3 Å². The van der Waals surface area contributed by atoms with Crippen molar-refractivity contribution in [3.8, 4) is 6.07 Å². The first-order valence-electron chi connectivity index (χ1n) is 5.07. The van der Waals surface area contributed by atoms with Crippen molar-refractivity contribution >= 4 is 10.0 Å². The van der Waals surface area contributed by atoms with Crippen molar-refractivity contribution in [2.75, 3.05) is 20.1 Å². The molecule has 5 nitrogen and oxygen atoms in total. The molecule has 0 aromatic carbocycles. The van der Waals surface area contributed by atoms with Gasteiger partial charge in [-0.05, 0) is 26.3 Å². The highest BCUT2D eigenvalue weighted by atomic mass is 32.2. The molecule has 0 radical (unpaired) electrons. The summed E-state index contributed by atoms with van der Waals surface area (Å²) in [5, 5.41) is 10.8. The normalized spacial score (nSPS) is 24.8. The topological polar surface area (TPSA) is 73.2 Å². The van der Waals surface area contributed by atoms with Gasteiger partial charge < -0.3 is 5.32 Å². The predicted octanol–water partition coefficient (Wildman–Crippen LogP) is -0.0879. The molecule has 1 saturated heterocycles. The van der Waals surface area contributed by atoms with Gasteiger partial charge in [-0.2, -0.15) is 9.57 Å². The second-order valence-corrected chi connectivity index (χ2v) is 6.15. The van der Waals surface area contributed by atoms with Gasteiger partial charge in [0.05, 0.1) is 6.07 Å². The van der Waals surface area contributed by atoms with Gasteiger partial charge in [-0.15, -0.1) is 0 Å². The summed E-state index contributed by atoms with van der Waals surface area (Å²) in [6, 6.07) is 1.76. The lowest BCUT2D eigenvalue weighted by atomic mass is 10.1. The van der Waals surface area contributed by atoms with E-state index in [-0.39, 0.29) is 6.04 Å². The maximum absolute atomic E-state index is 11.8. The summed E-state index contributed by atoms with van der Waals surface area (Å²) in [4.78, 5) is 0. The SMILES string of the molecule is CC(C#N)S(=O)(=O)N(C)C1CCCNC1. The summed E-state index contributed by atoms with van der Waals surface area (Å²) in [5.74, 6) is 0. The lowest BCUT2D eigenvalue weighted by molar-refractivity contribution is 0.299. The Kier molecular flexibility index (Phi) is 4.08. The molecule has 1 N–H and O–H groups in total. The summed E-state index contributed by atoms with van der Waals surface area (Å²) in [7, 11) is -1.90. The standard InChI is InChI=1S/C9H17N3O2S/c1-8(6-10)15(13,14)12(2)9-4-3-5-11-7-9/h8-9,11H,3-5,7H2,1-2H3. The Morgan fingerprint density at radius 3 is 2.73 bits per heavy atom. The highest BCUT2D eigenvalue weighted by Gasteiger charge is 2.31. The van der Waals surface area contributed by atoms with Crippen molar-refractivity contribution < 1.29 is 8.42 Å². The fraction of sp³-hybridized carbons (Fsp3) is 0.889. The van der Waals surface area contributed by atoms with E-state index in [9.17, 15) is 8.42 Å². The molecule has 15 heavy (non-hydrogen) atoms. The second kappa shape index (κ2) is 4.92. The summed E-state index contributed by atoms with van der Waals surface area (Å²) < 4.78 is 25.0. The van der Waals surface area contributed by atoms with E-state index in [1.807, 2.05) is 0 Å². The first-order valence-corrected chi connectivity index (χ1v) is 6.57. The molecule has 0 aromatic heterocycles. The summed E-state index contributed by atoms with van der Waals surface area (Å²) in [6.07, 6.45) is 1.84. The van der Waals surface area contributed by atoms with Crippen molar-refractivity contribution in [3.63, 3.8) is 0 Å². The van der Waals surface area contributed by atoms with Gasteiger partial charge >= 0.3 is 0 Å². The van der Waals surface area contributed by atoms with Crippen LogP contribution in [0.1, 0.15) is 19.8 Å². The van der Waals surface area contributed by atoms with Crippen LogP contribution in [0.25, 0.3) is 0 Å². The van der Waals surface area contributed by atoms with Crippen LogP contribution < -0.4 is 5.32 Å². The Balaban J connectivity index is 2.74. The van der Waals surface area contributed by atoms with Crippen molar-refractivity contribution in [3.05, 3.63) is 0 Å². The molecule has 1 fully saturated rings. The molecule has 0 aliphatic carbocycles. The Bertz CT molecular complexity index is 341. The first-order chi connectivity index (χ1) is 7.00. The largest absolute Gasteiger partial charge is 0.315 e. The minimum Gasteiger partial charge on any atom is -0.315 e. The van der Waals surface area contributed by atoms with E-state index in [1.54, 1.807) is 13.1 Å². The second-order valence-electron chi connectivity index (χ2n) is 3.83. The summed E-state index contributed by atoms with van der Waals surface area (Å²) in [5.41, 5.74) is 0. The fourth-order valence-electron chi connectivity index (χ4n) is 1.67. The number of hydrogen-bond acceptors (Lipinski definition) is 4. The van der Waals surface area contributed by atoms with Crippen LogP contribution in [0.4, 0.5) is 0 Å². The van der Waals surface area contributed by atoms with Crippen LogP contribution in [0.5, 0.6) is 0 Å². The number of piperidine rings is 1. The van der Waals surface area contributed by atoms with Gasteiger partial charge in [0.2, 0.25) is 10.0 Å². The summed E-state index contributed by atoms with van der Waals surface area (Å²) in [6.45, 7) is 3.04. The number of likely N-dealkylation sites (N-methyl/N-ethyl adjacent to an activating group) is 1. The van der Waals surface area contributed by atoms with Gasteiger partial charge in [0.1, 0.15) is 0 Å². The van der Waals surface area contributed by atoms with Crippen LogP contribution in [0.2, 0.25) is 0 Å². The maximum Gasteiger partial charge on any atom is 0.230 e. The molecule has 1 aliphatic heterocycles. The van der Waals surface area contributed by atoms with E-state index >= 15 is 0 Å². The smallest absolute Gasteiger partial charge is 0.230 e. The zero-order chi connectivity index (χ0) is 11.5. The lowest BCUT2D eigenvalue weighted by Gasteiger charge is -2.31. The lowest BCUT2D eigenvalue weighted by Crippen LogP contribution is -2.48. The van der Waals surface area contributed by atoms with E-state index < -0.39 is 15.3 Å². The van der Waals surface area contributed by atoms with Gasteiger partial charge in [-0.3, -0.25) is 0 Å². The van der Waals surface area contributed by atoms with Gasteiger partial charge in [-0.1, -0.05) is 0 Å². The molecular formula is C9H17N3O2S. The molecule has 2 atom stereocenters. The number of hydrogen-bond donors (Lipinski definition) is 1. The Morgan fingerprint density at radius 2 is 2.27 bits per heavy atom. The molecule has 1 aliphatic rings. The highest BCUT2D eigenvalue weighted by Crippen LogP contribution is 2.15. The molecule has 6 heteroatoms. The fourth-order valence-corrected chi connectivity index (χ4v) is 2.90. The van der Waals surface area contributed by atoms with Crippen LogP contribution in [0.3, 0.4) is 0 Å². The Labute approximate surface area is 91.1 Å². The maximum atomic E-state index is 11.8. The van der Waals surface area contributed by atoms with Crippen molar-refractivity contribution in [2.45, 2.75) is 31.1 Å². The molecule has 2 unspecified atom stereocenters. The van der Waals surface area contributed by atoms with E-state index in [0.717, 1.165) is 19.4 Å². The summed E-state index contributed by atoms with van der Waals surface area (Å²) >= 11 is 0. The zero-order valence-electron chi connectivity index (χ0n) is 9.10. The van der Waals surface area contributed by atoms with Gasteiger partial charge in [0.25, 0.3) is 0 Å². The van der Waals surface area contributed by atoms with Crippen LogP contribution in [0.15, 0.2) is 0 Å². The van der Waals surface area contributed by atoms with Crippen LogP contribution in [-0.4, -0.2) is 44.2 Å². The van der Waals surface area contributed by atoms with E-state index in [1.165, 1.54) is 11.2 Å². The van der Waals surface area contributed by atoms with Crippen molar-refractivity contribution in [1.29, 1.82) is 5.26 Å². The monoisotopic (exact) mass is 231 g/mol. The minimum atomic E-state index is -3.46. The third-order valence-electron chi connectivity index (χ3n) is 2.82. The third kappa shape index (κ3) is 2.68. The van der Waals surface area contributed by atoms with Crippen molar-refractivity contribution in [2.24, 2.45) is 0 Å². The van der Waals surface area contributed by atoms with E-state index in [2.05, 4.69) is 5.32 Å². The molecular weight excluding hydrogens is 214 g/mol. The van der Waals surface area contributed by atoms with Crippen LogP contribution in [-0.2, 0) is 10.0 Å². The third-order valence-corrected chi connectivity index (χ3v) is 4.92. The average Bonchev–Trinajstić information content (AvgIpc) is 2.28. The molecule has 0 bridgehead atoms. The molecule has 0 amide bonds. The Morgan fingerprint density at radius 1 is 1.60 bits per heavy atom. The molecule has 0 spiro atoms. The first kappa shape index (κ1) is 12.4. The minimum absolute atomic E-state index is 0.0143. The molecule has 0 saturated carbocycles.